The summed E-state index contributed by atoms with van der Waals surface area (Å²) in [4.78, 5) is 23.3. The standard InChI is InChI=1S/C18H23NO3.Na/c1-4-13-5-7-14(8-6-13)9-10-19-17(20)15-11(2)12(3)16(15)18(21)22;/h4-8,11-12,15-16H,1,9-10H2,2-3H3,(H,19,20)(H,21,22);/q;+1/p-1/t11?,12?,15-,16+;/m0./s1. The van der Waals surface area contributed by atoms with Crippen LogP contribution in [0.1, 0.15) is 25.0 Å². The molecule has 0 heterocycles. The molecule has 0 aliphatic heterocycles. The summed E-state index contributed by atoms with van der Waals surface area (Å²) in [6.45, 7) is 7.99. The van der Waals surface area contributed by atoms with Crippen molar-refractivity contribution in [3.8, 4) is 0 Å². The largest absolute Gasteiger partial charge is 1.00 e. The van der Waals surface area contributed by atoms with E-state index in [4.69, 9.17) is 0 Å². The third-order valence-electron chi connectivity index (χ3n) is 4.85. The molecule has 0 saturated heterocycles. The van der Waals surface area contributed by atoms with Gasteiger partial charge >= 0.3 is 29.6 Å². The molecule has 0 radical (unpaired) electrons. The van der Waals surface area contributed by atoms with Crippen LogP contribution in [0.4, 0.5) is 0 Å². The first-order chi connectivity index (χ1) is 10.5. The molecule has 1 aliphatic carbocycles. The Morgan fingerprint density at radius 2 is 1.74 bits per heavy atom. The van der Waals surface area contributed by atoms with Crippen LogP contribution in [-0.2, 0) is 16.0 Å². The van der Waals surface area contributed by atoms with Gasteiger partial charge in [0.15, 0.2) is 0 Å². The van der Waals surface area contributed by atoms with E-state index in [0.29, 0.717) is 6.54 Å². The van der Waals surface area contributed by atoms with Crippen molar-refractivity contribution in [3.05, 3.63) is 42.0 Å². The van der Waals surface area contributed by atoms with Gasteiger partial charge in [-0.05, 0) is 29.4 Å². The Morgan fingerprint density at radius 3 is 2.26 bits per heavy atom. The van der Waals surface area contributed by atoms with E-state index in [0.717, 1.165) is 17.5 Å². The molecule has 0 aromatic heterocycles. The second-order valence-electron chi connectivity index (χ2n) is 6.08. The predicted octanol–water partition coefficient (Wildman–Crippen LogP) is -1.74. The van der Waals surface area contributed by atoms with Gasteiger partial charge in [-0.1, -0.05) is 50.8 Å². The summed E-state index contributed by atoms with van der Waals surface area (Å²) in [5.41, 5.74) is 2.18. The number of carbonyl (C=O) groups is 2. The number of hydrogen-bond donors (Lipinski definition) is 1. The van der Waals surface area contributed by atoms with Crippen molar-refractivity contribution in [1.29, 1.82) is 0 Å². The Labute approximate surface area is 159 Å². The van der Waals surface area contributed by atoms with Gasteiger partial charge in [-0.2, -0.15) is 0 Å². The Morgan fingerprint density at radius 1 is 1.17 bits per heavy atom. The summed E-state index contributed by atoms with van der Waals surface area (Å²) < 4.78 is 0. The molecule has 5 heteroatoms. The van der Waals surface area contributed by atoms with Crippen LogP contribution in [0.25, 0.3) is 6.08 Å². The first kappa shape index (κ1) is 19.9. The van der Waals surface area contributed by atoms with Crippen LogP contribution in [0.3, 0.4) is 0 Å². The van der Waals surface area contributed by atoms with Crippen LogP contribution >= 0.6 is 0 Å². The fourth-order valence-electron chi connectivity index (χ4n) is 3.19. The average molecular weight is 323 g/mol. The van der Waals surface area contributed by atoms with Gasteiger partial charge in [0.1, 0.15) is 0 Å². The monoisotopic (exact) mass is 323 g/mol. The molecule has 0 bridgehead atoms. The zero-order valence-corrected chi connectivity index (χ0v) is 16.0. The topological polar surface area (TPSA) is 69.2 Å². The quantitative estimate of drug-likeness (QED) is 0.632. The molecule has 118 valence electrons. The summed E-state index contributed by atoms with van der Waals surface area (Å²) >= 11 is 0. The van der Waals surface area contributed by atoms with Crippen LogP contribution < -0.4 is 40.0 Å². The summed E-state index contributed by atoms with van der Waals surface area (Å²) in [6, 6.07) is 7.96. The number of hydrogen-bond acceptors (Lipinski definition) is 3. The second kappa shape index (κ2) is 8.67. The third-order valence-corrected chi connectivity index (χ3v) is 4.85. The molecule has 1 saturated carbocycles. The number of carboxylic acid groups (broad SMARTS) is 1. The van der Waals surface area contributed by atoms with Gasteiger partial charge in [0.2, 0.25) is 5.91 Å². The van der Waals surface area contributed by atoms with Gasteiger partial charge in [0.25, 0.3) is 0 Å². The first-order valence-corrected chi connectivity index (χ1v) is 7.65. The maximum atomic E-state index is 12.2. The van der Waals surface area contributed by atoms with Gasteiger partial charge < -0.3 is 15.2 Å². The van der Waals surface area contributed by atoms with E-state index in [2.05, 4.69) is 11.9 Å². The van der Waals surface area contributed by atoms with Crippen LogP contribution in [0, 0.1) is 23.7 Å². The van der Waals surface area contributed by atoms with Crippen molar-refractivity contribution in [2.75, 3.05) is 6.54 Å². The first-order valence-electron chi connectivity index (χ1n) is 7.65. The summed E-state index contributed by atoms with van der Waals surface area (Å²) in [5, 5.41) is 14.0. The molecular formula is C18H22NNaO3. The molecule has 4 atom stereocenters. The summed E-state index contributed by atoms with van der Waals surface area (Å²) in [7, 11) is 0. The Balaban J connectivity index is 0.00000264. The maximum absolute atomic E-state index is 12.2. The number of carbonyl (C=O) groups excluding carboxylic acids is 2. The Hall–Kier alpha value is -1.10. The SMILES string of the molecule is C=Cc1ccc(CCNC(=O)[C@H]2C(C)C(C)[C@H]2C(=O)[O-])cc1.[Na+]. The van der Waals surface area contributed by atoms with Crippen molar-refractivity contribution < 1.29 is 44.3 Å². The summed E-state index contributed by atoms with van der Waals surface area (Å²) in [5.74, 6) is -2.36. The Bertz CT molecular complexity index is 570. The van der Waals surface area contributed by atoms with Gasteiger partial charge in [-0.15, -0.1) is 0 Å². The van der Waals surface area contributed by atoms with Crippen molar-refractivity contribution in [2.24, 2.45) is 23.7 Å². The molecular weight excluding hydrogens is 301 g/mol. The predicted molar refractivity (Wildman–Crippen MR) is 83.6 cm³/mol. The van der Waals surface area contributed by atoms with Crippen LogP contribution in [0.15, 0.2) is 30.8 Å². The van der Waals surface area contributed by atoms with Crippen molar-refractivity contribution in [3.63, 3.8) is 0 Å². The van der Waals surface area contributed by atoms with Crippen molar-refractivity contribution in [2.45, 2.75) is 20.3 Å². The summed E-state index contributed by atoms with van der Waals surface area (Å²) in [6.07, 6.45) is 2.50. The fraction of sp³-hybridized carbons (Fsp3) is 0.444. The van der Waals surface area contributed by atoms with Gasteiger partial charge in [0.05, 0.1) is 0 Å². The van der Waals surface area contributed by atoms with Gasteiger partial charge in [0, 0.05) is 24.3 Å². The van der Waals surface area contributed by atoms with Gasteiger partial charge in [-0.25, -0.2) is 0 Å². The van der Waals surface area contributed by atoms with Crippen LogP contribution in [-0.4, -0.2) is 18.4 Å². The molecule has 23 heavy (non-hydrogen) atoms. The molecule has 1 aromatic rings. The number of aliphatic carboxylic acids is 1. The van der Waals surface area contributed by atoms with Crippen molar-refractivity contribution in [1.82, 2.24) is 5.32 Å². The third kappa shape index (κ3) is 4.46. The zero-order valence-electron chi connectivity index (χ0n) is 14.0. The van der Waals surface area contributed by atoms with E-state index < -0.39 is 17.8 Å². The van der Waals surface area contributed by atoms with E-state index in [-0.39, 0.29) is 47.3 Å². The average Bonchev–Trinajstić information content (AvgIpc) is 2.51. The minimum absolute atomic E-state index is 0. The number of amides is 1. The second-order valence-corrected chi connectivity index (χ2v) is 6.08. The van der Waals surface area contributed by atoms with E-state index in [9.17, 15) is 14.7 Å². The van der Waals surface area contributed by atoms with Crippen LogP contribution in [0.2, 0.25) is 0 Å². The molecule has 4 nitrogen and oxygen atoms in total. The molecule has 1 N–H and O–H groups in total. The number of rotatable bonds is 6. The number of benzene rings is 1. The van der Waals surface area contributed by atoms with Gasteiger partial charge in [-0.3, -0.25) is 4.79 Å². The molecule has 1 amide bonds. The molecule has 1 fully saturated rings. The zero-order chi connectivity index (χ0) is 16.3. The Kier molecular flexibility index (Phi) is 7.52. The minimum Gasteiger partial charge on any atom is -0.550 e. The maximum Gasteiger partial charge on any atom is 1.00 e. The van der Waals surface area contributed by atoms with E-state index in [1.165, 1.54) is 0 Å². The van der Waals surface area contributed by atoms with E-state index in [1.807, 2.05) is 38.1 Å². The van der Waals surface area contributed by atoms with Crippen molar-refractivity contribution >= 4 is 18.0 Å². The molecule has 2 rings (SSSR count). The van der Waals surface area contributed by atoms with E-state index >= 15 is 0 Å². The fourth-order valence-corrected chi connectivity index (χ4v) is 3.19. The molecule has 1 aliphatic rings. The van der Waals surface area contributed by atoms with Crippen LogP contribution in [0.5, 0.6) is 0 Å². The van der Waals surface area contributed by atoms with E-state index in [1.54, 1.807) is 6.08 Å². The normalized spacial score (nSPS) is 25.7. The molecule has 1 aromatic carbocycles. The number of nitrogens with one attached hydrogen (secondary N) is 1. The number of carboxylic acids is 1. The molecule has 2 unspecified atom stereocenters. The minimum atomic E-state index is -1.12. The molecule has 0 spiro atoms. The smallest absolute Gasteiger partial charge is 0.550 e.